The molecular weight excluding hydrogens is 494 g/mol. The molecule has 39 heavy (non-hydrogen) atoms. The van der Waals surface area contributed by atoms with Crippen LogP contribution in [0.5, 0.6) is 23.0 Å². The van der Waals surface area contributed by atoms with Crippen LogP contribution in [0.2, 0.25) is 0 Å². The lowest BCUT2D eigenvalue weighted by molar-refractivity contribution is 0.209. The molecular formula is C32H37NO6. The van der Waals surface area contributed by atoms with Crippen molar-refractivity contribution >= 4 is 17.9 Å². The molecule has 2 unspecified atom stereocenters. The highest BCUT2D eigenvalue weighted by Crippen LogP contribution is 2.30. The van der Waals surface area contributed by atoms with Crippen LogP contribution in [0.15, 0.2) is 83.9 Å². The summed E-state index contributed by atoms with van der Waals surface area (Å²) in [5.41, 5.74) is 2.34. The predicted octanol–water partition coefficient (Wildman–Crippen LogP) is 5.55. The van der Waals surface area contributed by atoms with Crippen molar-refractivity contribution in [2.45, 2.75) is 25.0 Å². The number of nitrogens with zero attached hydrogens (tertiary/aromatic N) is 1. The average molecular weight is 532 g/mol. The number of benzene rings is 3. The highest BCUT2D eigenvalue weighted by Gasteiger charge is 2.25. The van der Waals surface area contributed by atoms with Crippen molar-refractivity contribution in [2.75, 3.05) is 35.0 Å². The van der Waals surface area contributed by atoms with Crippen LogP contribution in [-0.4, -0.2) is 57.1 Å². The van der Waals surface area contributed by atoms with Crippen LogP contribution in [0.25, 0.3) is 12.2 Å². The van der Waals surface area contributed by atoms with Crippen molar-refractivity contribution in [3.63, 3.8) is 0 Å². The molecule has 0 aliphatic carbocycles. The van der Waals surface area contributed by atoms with Gasteiger partial charge in [-0.3, -0.25) is 4.99 Å². The van der Waals surface area contributed by atoms with Gasteiger partial charge in [-0.15, -0.1) is 0 Å². The molecule has 0 aromatic heterocycles. The van der Waals surface area contributed by atoms with Crippen LogP contribution < -0.4 is 18.9 Å². The molecule has 0 spiro atoms. The van der Waals surface area contributed by atoms with Gasteiger partial charge in [0.25, 0.3) is 0 Å². The van der Waals surface area contributed by atoms with Gasteiger partial charge in [0.1, 0.15) is 5.54 Å². The molecule has 0 fully saturated rings. The minimum absolute atomic E-state index is 0.192. The second kappa shape index (κ2) is 14.2. The van der Waals surface area contributed by atoms with Crippen molar-refractivity contribution in [2.24, 2.45) is 4.99 Å². The van der Waals surface area contributed by atoms with Crippen molar-refractivity contribution in [1.82, 2.24) is 0 Å². The standard InChI is InChI=1S/C32H37NO6/c1-32(22-34,25-9-7-6-8-10-25)33-26(15-11-23-13-17-28(36-2)30(19-23)38-4)21-27(35)16-12-24-14-18-29(37-3)31(20-24)39-5/h6-20,27,34-35H,21-22H2,1-5H3/b15-11+,16-12?,33-26?. The molecule has 2 atom stereocenters. The average Bonchev–Trinajstić information content (AvgIpc) is 2.98. The number of aliphatic hydroxyl groups excluding tert-OH is 2. The molecule has 0 aliphatic rings. The summed E-state index contributed by atoms with van der Waals surface area (Å²) in [6, 6.07) is 20.8. The Balaban J connectivity index is 1.92. The van der Waals surface area contributed by atoms with Gasteiger partial charge in [0.15, 0.2) is 23.0 Å². The Kier molecular flexibility index (Phi) is 10.7. The van der Waals surface area contributed by atoms with E-state index in [0.717, 1.165) is 16.7 Å². The summed E-state index contributed by atoms with van der Waals surface area (Å²) in [5.74, 6) is 2.49. The van der Waals surface area contributed by atoms with Gasteiger partial charge in [-0.2, -0.15) is 0 Å². The van der Waals surface area contributed by atoms with Gasteiger partial charge in [-0.25, -0.2) is 0 Å². The third-order valence-electron chi connectivity index (χ3n) is 6.31. The van der Waals surface area contributed by atoms with E-state index in [9.17, 15) is 10.2 Å². The van der Waals surface area contributed by atoms with E-state index in [1.165, 1.54) is 0 Å². The van der Waals surface area contributed by atoms with Gasteiger partial charge in [-0.05, 0) is 54.0 Å². The zero-order valence-corrected chi connectivity index (χ0v) is 23.1. The zero-order chi connectivity index (χ0) is 28.3. The molecule has 0 amide bonds. The molecule has 2 N–H and O–H groups in total. The number of rotatable bonds is 13. The Bertz CT molecular complexity index is 1300. The van der Waals surface area contributed by atoms with Crippen molar-refractivity contribution in [3.8, 4) is 23.0 Å². The first-order valence-electron chi connectivity index (χ1n) is 12.6. The highest BCUT2D eigenvalue weighted by atomic mass is 16.5. The normalized spacial score (nSPS) is 14.3. The molecule has 206 valence electrons. The molecule has 3 aromatic rings. The van der Waals surface area contributed by atoms with Gasteiger partial charge < -0.3 is 29.2 Å². The third-order valence-corrected chi connectivity index (χ3v) is 6.31. The van der Waals surface area contributed by atoms with Crippen LogP contribution in [-0.2, 0) is 5.54 Å². The van der Waals surface area contributed by atoms with Crippen LogP contribution >= 0.6 is 0 Å². The van der Waals surface area contributed by atoms with Crippen LogP contribution in [0, 0.1) is 0 Å². The second-order valence-corrected chi connectivity index (χ2v) is 9.09. The number of hydrogen-bond acceptors (Lipinski definition) is 7. The molecule has 0 bridgehead atoms. The third kappa shape index (κ3) is 7.96. The summed E-state index contributed by atoms with van der Waals surface area (Å²) in [7, 11) is 6.35. The molecule has 0 saturated heterocycles. The number of aliphatic imine (C=N–C) groups is 1. The van der Waals surface area contributed by atoms with Crippen molar-refractivity contribution in [3.05, 3.63) is 95.6 Å². The smallest absolute Gasteiger partial charge is 0.161 e. The van der Waals surface area contributed by atoms with Crippen LogP contribution in [0.3, 0.4) is 0 Å². The maximum absolute atomic E-state index is 10.9. The first-order chi connectivity index (χ1) is 18.8. The van der Waals surface area contributed by atoms with E-state index in [-0.39, 0.29) is 13.0 Å². The topological polar surface area (TPSA) is 89.7 Å². The summed E-state index contributed by atoms with van der Waals surface area (Å²) in [6.45, 7) is 1.68. The lowest BCUT2D eigenvalue weighted by atomic mass is 9.93. The summed E-state index contributed by atoms with van der Waals surface area (Å²) in [6.07, 6.45) is 6.69. The van der Waals surface area contributed by atoms with Gasteiger partial charge >= 0.3 is 0 Å². The predicted molar refractivity (Wildman–Crippen MR) is 156 cm³/mol. The summed E-state index contributed by atoms with van der Waals surface area (Å²) in [5, 5.41) is 21.3. The van der Waals surface area contributed by atoms with E-state index in [4.69, 9.17) is 23.9 Å². The largest absolute Gasteiger partial charge is 0.493 e. The van der Waals surface area contributed by atoms with Crippen LogP contribution in [0.4, 0.5) is 0 Å². The SMILES string of the molecule is COc1ccc(C=CC(O)CC(/C=C/c2ccc(OC)c(OC)c2)=NC(C)(CO)c2ccccc2)cc1OC. The molecule has 7 heteroatoms. The Morgan fingerprint density at radius 1 is 0.795 bits per heavy atom. The Morgan fingerprint density at radius 2 is 1.33 bits per heavy atom. The minimum atomic E-state index is -0.884. The van der Waals surface area contributed by atoms with Crippen LogP contribution in [0.1, 0.15) is 30.0 Å². The monoisotopic (exact) mass is 531 g/mol. The summed E-state index contributed by atoms with van der Waals surface area (Å²) >= 11 is 0. The number of aliphatic hydroxyl groups is 2. The lowest BCUT2D eigenvalue weighted by Gasteiger charge is -2.25. The first-order valence-corrected chi connectivity index (χ1v) is 12.6. The van der Waals surface area contributed by atoms with E-state index in [1.54, 1.807) is 34.5 Å². The van der Waals surface area contributed by atoms with Crippen molar-refractivity contribution in [1.29, 1.82) is 0 Å². The van der Waals surface area contributed by atoms with Gasteiger partial charge in [-0.1, -0.05) is 60.7 Å². The Labute approximate surface area is 230 Å². The Hall–Kier alpha value is -4.07. The Morgan fingerprint density at radius 3 is 1.85 bits per heavy atom. The molecule has 3 rings (SSSR count). The second-order valence-electron chi connectivity index (χ2n) is 9.09. The molecule has 0 radical (unpaired) electrons. The molecule has 0 saturated carbocycles. The van der Waals surface area contributed by atoms with E-state index in [0.29, 0.717) is 28.7 Å². The minimum Gasteiger partial charge on any atom is -0.493 e. The molecule has 0 heterocycles. The zero-order valence-electron chi connectivity index (χ0n) is 23.1. The molecule has 7 nitrogen and oxygen atoms in total. The fourth-order valence-electron chi connectivity index (χ4n) is 4.07. The first kappa shape index (κ1) is 29.5. The number of ether oxygens (including phenoxy) is 4. The van der Waals surface area contributed by atoms with Gasteiger partial charge in [0.05, 0.1) is 41.2 Å². The summed E-state index contributed by atoms with van der Waals surface area (Å²) in [4.78, 5) is 4.93. The number of allylic oxidation sites excluding steroid dienone is 1. The maximum Gasteiger partial charge on any atom is 0.161 e. The maximum atomic E-state index is 10.9. The number of hydrogen-bond donors (Lipinski definition) is 2. The van der Waals surface area contributed by atoms with E-state index >= 15 is 0 Å². The fraction of sp³-hybridized carbons (Fsp3) is 0.281. The van der Waals surface area contributed by atoms with E-state index < -0.39 is 11.6 Å². The number of methoxy groups -OCH3 is 4. The van der Waals surface area contributed by atoms with Crippen molar-refractivity contribution < 1.29 is 29.2 Å². The fourth-order valence-corrected chi connectivity index (χ4v) is 4.07. The van der Waals surface area contributed by atoms with Gasteiger partial charge in [0, 0.05) is 12.1 Å². The molecule has 3 aromatic carbocycles. The highest BCUT2D eigenvalue weighted by molar-refractivity contribution is 5.99. The summed E-state index contributed by atoms with van der Waals surface area (Å²) < 4.78 is 21.4. The molecule has 0 aliphatic heterocycles. The lowest BCUT2D eigenvalue weighted by Crippen LogP contribution is -2.26. The van der Waals surface area contributed by atoms with E-state index in [1.807, 2.05) is 91.9 Å². The van der Waals surface area contributed by atoms with Gasteiger partial charge in [0.2, 0.25) is 0 Å². The van der Waals surface area contributed by atoms with E-state index in [2.05, 4.69) is 0 Å². The quantitative estimate of drug-likeness (QED) is 0.281.